The largest absolute Gasteiger partial charge is 0.479 e. The SMILES string of the molecule is CC1CCCCC12NC(=O)N(CC(=O)N[C@@H](C(=O)O)c1ccccc1)C2=O. The molecule has 0 aromatic heterocycles. The van der Waals surface area contributed by atoms with E-state index in [1.807, 2.05) is 6.92 Å². The molecule has 144 valence electrons. The Kier molecular flexibility index (Phi) is 5.16. The van der Waals surface area contributed by atoms with Gasteiger partial charge in [0.2, 0.25) is 5.91 Å². The summed E-state index contributed by atoms with van der Waals surface area (Å²) in [5.74, 6) is -2.33. The lowest BCUT2D eigenvalue weighted by molar-refractivity contribution is -0.142. The summed E-state index contributed by atoms with van der Waals surface area (Å²) < 4.78 is 0. The van der Waals surface area contributed by atoms with Crippen LogP contribution in [0, 0.1) is 5.92 Å². The molecule has 4 amide bonds. The number of imide groups is 1. The van der Waals surface area contributed by atoms with Crippen molar-refractivity contribution >= 4 is 23.8 Å². The lowest BCUT2D eigenvalue weighted by atomic mass is 9.73. The summed E-state index contributed by atoms with van der Waals surface area (Å²) >= 11 is 0. The maximum Gasteiger partial charge on any atom is 0.330 e. The van der Waals surface area contributed by atoms with Crippen LogP contribution >= 0.6 is 0 Å². The van der Waals surface area contributed by atoms with E-state index in [4.69, 9.17) is 0 Å². The zero-order chi connectivity index (χ0) is 19.6. The first kappa shape index (κ1) is 18.9. The highest BCUT2D eigenvalue weighted by atomic mass is 16.4. The molecule has 2 fully saturated rings. The fraction of sp³-hybridized carbons (Fsp3) is 0.474. The van der Waals surface area contributed by atoms with Gasteiger partial charge in [0.1, 0.15) is 12.1 Å². The summed E-state index contributed by atoms with van der Waals surface area (Å²) in [5.41, 5.74) is -0.533. The molecule has 2 aliphatic rings. The number of carboxylic acids is 1. The maximum absolute atomic E-state index is 12.9. The van der Waals surface area contributed by atoms with Crippen LogP contribution in [0.3, 0.4) is 0 Å². The zero-order valence-electron chi connectivity index (χ0n) is 15.1. The third-order valence-corrected chi connectivity index (χ3v) is 5.49. The van der Waals surface area contributed by atoms with Gasteiger partial charge in [0.05, 0.1) is 0 Å². The molecule has 1 aliphatic carbocycles. The number of carbonyl (C=O) groups excluding carboxylic acids is 3. The number of urea groups is 1. The van der Waals surface area contributed by atoms with Crippen LogP contribution in [-0.2, 0) is 14.4 Å². The molecule has 1 aliphatic heterocycles. The number of rotatable bonds is 5. The Bertz CT molecular complexity index is 766. The summed E-state index contributed by atoms with van der Waals surface area (Å²) in [7, 11) is 0. The molecule has 1 aromatic carbocycles. The quantitative estimate of drug-likeness (QED) is 0.675. The maximum atomic E-state index is 12.9. The minimum Gasteiger partial charge on any atom is -0.479 e. The van der Waals surface area contributed by atoms with Crippen molar-refractivity contribution in [3.8, 4) is 0 Å². The van der Waals surface area contributed by atoms with Crippen molar-refractivity contribution in [2.24, 2.45) is 5.92 Å². The van der Waals surface area contributed by atoms with Crippen LogP contribution in [0.1, 0.15) is 44.2 Å². The van der Waals surface area contributed by atoms with Crippen LogP contribution < -0.4 is 10.6 Å². The minimum atomic E-state index is -1.25. The van der Waals surface area contributed by atoms with Crippen molar-refractivity contribution in [2.45, 2.75) is 44.2 Å². The van der Waals surface area contributed by atoms with Crippen LogP contribution in [0.25, 0.3) is 0 Å². The summed E-state index contributed by atoms with van der Waals surface area (Å²) in [4.78, 5) is 50.0. The predicted octanol–water partition coefficient (Wildman–Crippen LogP) is 1.43. The van der Waals surface area contributed by atoms with E-state index in [1.165, 1.54) is 0 Å². The Hall–Kier alpha value is -2.90. The van der Waals surface area contributed by atoms with Gasteiger partial charge in [-0.15, -0.1) is 0 Å². The molecular formula is C19H23N3O5. The van der Waals surface area contributed by atoms with Gasteiger partial charge >= 0.3 is 12.0 Å². The minimum absolute atomic E-state index is 0.00755. The molecule has 3 atom stereocenters. The molecule has 1 spiro atoms. The van der Waals surface area contributed by atoms with Crippen LogP contribution in [0.5, 0.6) is 0 Å². The van der Waals surface area contributed by atoms with Gasteiger partial charge in [-0.2, -0.15) is 0 Å². The molecule has 8 nitrogen and oxygen atoms in total. The highest BCUT2D eigenvalue weighted by Crippen LogP contribution is 2.38. The normalized spacial score (nSPS) is 26.0. The van der Waals surface area contributed by atoms with Gasteiger partial charge in [-0.25, -0.2) is 9.59 Å². The van der Waals surface area contributed by atoms with E-state index in [2.05, 4.69) is 10.6 Å². The first-order valence-corrected chi connectivity index (χ1v) is 9.06. The Labute approximate surface area is 156 Å². The molecule has 0 radical (unpaired) electrons. The van der Waals surface area contributed by atoms with Gasteiger partial charge in [0, 0.05) is 0 Å². The van der Waals surface area contributed by atoms with Crippen molar-refractivity contribution in [1.29, 1.82) is 0 Å². The third-order valence-electron chi connectivity index (χ3n) is 5.49. The topological polar surface area (TPSA) is 116 Å². The number of nitrogens with one attached hydrogen (secondary N) is 2. The zero-order valence-corrected chi connectivity index (χ0v) is 15.1. The number of amides is 4. The second-order valence-corrected chi connectivity index (χ2v) is 7.19. The third kappa shape index (κ3) is 3.51. The summed E-state index contributed by atoms with van der Waals surface area (Å²) in [6, 6.07) is 6.41. The molecule has 1 heterocycles. The van der Waals surface area contributed by atoms with E-state index in [0.29, 0.717) is 12.0 Å². The lowest BCUT2D eigenvalue weighted by Gasteiger charge is -2.36. The van der Waals surface area contributed by atoms with Crippen LogP contribution in [0.4, 0.5) is 4.79 Å². The van der Waals surface area contributed by atoms with E-state index in [1.54, 1.807) is 30.3 Å². The van der Waals surface area contributed by atoms with E-state index in [-0.39, 0.29) is 5.92 Å². The van der Waals surface area contributed by atoms with Gasteiger partial charge in [0.15, 0.2) is 6.04 Å². The van der Waals surface area contributed by atoms with Crippen molar-refractivity contribution in [1.82, 2.24) is 15.5 Å². The molecular weight excluding hydrogens is 350 g/mol. The van der Waals surface area contributed by atoms with Crippen LogP contribution in [0.2, 0.25) is 0 Å². The Balaban J connectivity index is 1.71. The van der Waals surface area contributed by atoms with Crippen molar-refractivity contribution < 1.29 is 24.3 Å². The Morgan fingerprint density at radius 3 is 2.63 bits per heavy atom. The summed E-state index contributed by atoms with van der Waals surface area (Å²) in [6.45, 7) is 1.42. The smallest absolute Gasteiger partial charge is 0.330 e. The number of carboxylic acid groups (broad SMARTS) is 1. The molecule has 2 unspecified atom stereocenters. The van der Waals surface area contributed by atoms with E-state index >= 15 is 0 Å². The van der Waals surface area contributed by atoms with Crippen LogP contribution in [-0.4, -0.2) is 45.9 Å². The highest BCUT2D eigenvalue weighted by Gasteiger charge is 2.55. The Morgan fingerprint density at radius 2 is 2.00 bits per heavy atom. The van der Waals surface area contributed by atoms with Crippen molar-refractivity contribution in [3.05, 3.63) is 35.9 Å². The van der Waals surface area contributed by atoms with E-state index in [9.17, 15) is 24.3 Å². The molecule has 8 heteroatoms. The van der Waals surface area contributed by atoms with Gasteiger partial charge in [-0.05, 0) is 24.3 Å². The van der Waals surface area contributed by atoms with Gasteiger partial charge in [-0.1, -0.05) is 50.1 Å². The number of hydrogen-bond donors (Lipinski definition) is 3. The highest BCUT2D eigenvalue weighted by molar-refractivity contribution is 6.09. The number of carbonyl (C=O) groups is 4. The van der Waals surface area contributed by atoms with Gasteiger partial charge in [-0.3, -0.25) is 14.5 Å². The average Bonchev–Trinajstić information content (AvgIpc) is 2.88. The number of benzene rings is 1. The monoisotopic (exact) mass is 373 g/mol. The number of aliphatic carboxylic acids is 1. The van der Waals surface area contributed by atoms with Gasteiger partial charge < -0.3 is 15.7 Å². The molecule has 0 bridgehead atoms. The standard InChI is InChI=1S/C19H23N3O5/c1-12-7-5-6-10-19(12)17(26)22(18(27)21-19)11-14(23)20-15(16(24)25)13-8-3-2-4-9-13/h2-4,8-9,12,15H,5-7,10-11H2,1H3,(H,20,23)(H,21,27)(H,24,25)/t12?,15-,19?/m1/s1. The van der Waals surface area contributed by atoms with E-state index in [0.717, 1.165) is 24.2 Å². The second-order valence-electron chi connectivity index (χ2n) is 7.19. The lowest BCUT2D eigenvalue weighted by Crippen LogP contribution is -2.54. The summed E-state index contributed by atoms with van der Waals surface area (Å²) in [6.07, 6.45) is 3.23. The molecule has 1 aromatic rings. The molecule has 1 saturated heterocycles. The second kappa shape index (κ2) is 7.38. The Morgan fingerprint density at radius 1 is 1.30 bits per heavy atom. The number of nitrogens with zero attached hydrogens (tertiary/aromatic N) is 1. The fourth-order valence-electron chi connectivity index (χ4n) is 3.92. The number of hydrogen-bond acceptors (Lipinski definition) is 4. The first-order chi connectivity index (χ1) is 12.8. The van der Waals surface area contributed by atoms with Gasteiger partial charge in [0.25, 0.3) is 5.91 Å². The fourth-order valence-corrected chi connectivity index (χ4v) is 3.92. The molecule has 27 heavy (non-hydrogen) atoms. The van der Waals surface area contributed by atoms with Crippen molar-refractivity contribution in [2.75, 3.05) is 6.54 Å². The molecule has 3 rings (SSSR count). The first-order valence-electron chi connectivity index (χ1n) is 9.06. The van der Waals surface area contributed by atoms with E-state index < -0.39 is 41.9 Å². The predicted molar refractivity (Wildman–Crippen MR) is 95.6 cm³/mol. The average molecular weight is 373 g/mol. The molecule has 1 saturated carbocycles. The summed E-state index contributed by atoms with van der Waals surface area (Å²) in [5, 5.41) is 14.6. The van der Waals surface area contributed by atoms with Crippen molar-refractivity contribution in [3.63, 3.8) is 0 Å². The van der Waals surface area contributed by atoms with Crippen LogP contribution in [0.15, 0.2) is 30.3 Å². The molecule has 3 N–H and O–H groups in total.